The molecule has 1 fully saturated rings. The first-order chi connectivity index (χ1) is 17.1. The van der Waals surface area contributed by atoms with Crippen LogP contribution < -0.4 is 14.4 Å². The molecule has 0 amide bonds. The van der Waals surface area contributed by atoms with Crippen molar-refractivity contribution in [2.24, 2.45) is 0 Å². The van der Waals surface area contributed by atoms with Crippen LogP contribution in [0.15, 0.2) is 59.6 Å². The van der Waals surface area contributed by atoms with Crippen molar-refractivity contribution in [3.63, 3.8) is 0 Å². The van der Waals surface area contributed by atoms with E-state index < -0.39 is 20.5 Å². The third-order valence-corrected chi connectivity index (χ3v) is 8.32. The van der Waals surface area contributed by atoms with Gasteiger partial charge < -0.3 is 24.5 Å². The number of rotatable bonds is 7. The molecule has 190 valence electrons. The van der Waals surface area contributed by atoms with Gasteiger partial charge in [0, 0.05) is 41.9 Å². The molecule has 0 aliphatic carbocycles. The third-order valence-electron chi connectivity index (χ3n) is 6.17. The molecule has 5 rings (SSSR count). The number of halogens is 1. The van der Waals surface area contributed by atoms with Gasteiger partial charge in [0.05, 0.1) is 11.4 Å². The minimum Gasteiger partial charge on any atom is -0.489 e. The Morgan fingerprint density at radius 1 is 1.17 bits per heavy atom. The number of aromatic nitrogens is 2. The van der Waals surface area contributed by atoms with E-state index in [0.29, 0.717) is 43.5 Å². The maximum absolute atomic E-state index is 13.2. The Morgan fingerprint density at radius 2 is 1.89 bits per heavy atom. The molecule has 3 heterocycles. The number of nitro groups is 1. The van der Waals surface area contributed by atoms with Crippen LogP contribution in [0.2, 0.25) is 5.02 Å². The van der Waals surface area contributed by atoms with Crippen LogP contribution in [0.3, 0.4) is 0 Å². The normalized spacial score (nSPS) is 20.1. The number of hydrogen-bond donors (Lipinski definition) is 0. The van der Waals surface area contributed by atoms with E-state index in [1.807, 2.05) is 31.2 Å². The van der Waals surface area contributed by atoms with E-state index in [1.165, 1.54) is 22.6 Å². The van der Waals surface area contributed by atoms with Crippen molar-refractivity contribution < 1.29 is 22.8 Å². The number of benzene rings is 2. The van der Waals surface area contributed by atoms with Crippen LogP contribution in [0.1, 0.15) is 6.92 Å². The lowest BCUT2D eigenvalue weighted by molar-refractivity contribution is -0.389. The third kappa shape index (κ3) is 4.84. The van der Waals surface area contributed by atoms with Gasteiger partial charge in [-0.05, 0) is 54.3 Å². The Bertz CT molecular complexity index is 1360. The Kier molecular flexibility index (Phi) is 6.27. The molecule has 1 saturated heterocycles. The van der Waals surface area contributed by atoms with Gasteiger partial charge in [-0.3, -0.25) is 4.57 Å². The maximum atomic E-state index is 13.2. The number of anilines is 1. The fraction of sp³-hybridized carbons (Fsp3) is 0.348. The zero-order valence-corrected chi connectivity index (χ0v) is 21.0. The Hall–Kier alpha value is -3.35. The fourth-order valence-corrected chi connectivity index (χ4v) is 5.92. The molecule has 0 N–H and O–H groups in total. The molecule has 0 bridgehead atoms. The molecule has 1 atom stereocenters. The van der Waals surface area contributed by atoms with Crippen LogP contribution in [0.5, 0.6) is 11.8 Å². The van der Waals surface area contributed by atoms with Crippen LogP contribution in [-0.2, 0) is 16.6 Å². The quantitative estimate of drug-likeness (QED) is 0.335. The first kappa shape index (κ1) is 24.3. The molecular formula is C23H24ClN5O6S. The van der Waals surface area contributed by atoms with Gasteiger partial charge in [-0.15, -0.1) is 0 Å². The second kappa shape index (κ2) is 9.26. The number of imidazole rings is 1. The minimum absolute atomic E-state index is 0.154. The molecule has 3 aromatic rings. The summed E-state index contributed by atoms with van der Waals surface area (Å²) in [6, 6.07) is 14.0. The predicted molar refractivity (Wildman–Crippen MR) is 132 cm³/mol. The summed E-state index contributed by atoms with van der Waals surface area (Å²) in [6.07, 6.45) is 1.33. The number of sulfonamides is 1. The molecule has 0 unspecified atom stereocenters. The highest BCUT2D eigenvalue weighted by Crippen LogP contribution is 2.32. The van der Waals surface area contributed by atoms with Gasteiger partial charge in [-0.1, -0.05) is 17.7 Å². The number of piperazine rings is 1. The summed E-state index contributed by atoms with van der Waals surface area (Å²) in [5, 5.41) is 11.5. The first-order valence-electron chi connectivity index (χ1n) is 11.3. The lowest BCUT2D eigenvalue weighted by Gasteiger charge is -2.35. The average molecular weight is 534 g/mol. The van der Waals surface area contributed by atoms with Crippen LogP contribution >= 0.6 is 11.6 Å². The van der Waals surface area contributed by atoms with E-state index >= 15 is 0 Å². The SMILES string of the molecule is C[C@]1(COc2ccc(S(=O)(=O)N3CCN(c4cccc(Cl)c4)CC3)cc2)Cn2cc([N+](=O)[O-])nc2O1. The number of hydrogen-bond acceptors (Lipinski definition) is 8. The van der Waals surface area contributed by atoms with E-state index in [9.17, 15) is 18.5 Å². The van der Waals surface area contributed by atoms with Crippen molar-refractivity contribution in [3.8, 4) is 11.8 Å². The molecular weight excluding hydrogens is 510 g/mol. The maximum Gasteiger partial charge on any atom is 0.415 e. The van der Waals surface area contributed by atoms with E-state index in [2.05, 4.69) is 9.88 Å². The van der Waals surface area contributed by atoms with Crippen LogP contribution in [0.4, 0.5) is 11.5 Å². The molecule has 1 aromatic heterocycles. The van der Waals surface area contributed by atoms with Gasteiger partial charge in [0.2, 0.25) is 10.0 Å². The largest absolute Gasteiger partial charge is 0.489 e. The second-order valence-electron chi connectivity index (χ2n) is 8.95. The second-order valence-corrected chi connectivity index (χ2v) is 11.3. The number of ether oxygens (including phenoxy) is 2. The standard InChI is InChI=1S/C23H24ClN5O6S/c1-23(15-27-14-21(29(30)31)25-22(27)35-23)16-34-19-5-7-20(8-6-19)36(32,33)28-11-9-26(10-12-28)18-4-2-3-17(24)13-18/h2-8,13-14H,9-12,15-16H2,1H3/t23-/m1/s1. The van der Waals surface area contributed by atoms with E-state index in [0.717, 1.165) is 5.69 Å². The van der Waals surface area contributed by atoms with E-state index in [1.54, 1.807) is 16.7 Å². The summed E-state index contributed by atoms with van der Waals surface area (Å²) in [7, 11) is -3.64. The summed E-state index contributed by atoms with van der Waals surface area (Å²) in [4.78, 5) is 16.5. The van der Waals surface area contributed by atoms with Crippen molar-refractivity contribution in [3.05, 3.63) is 69.9 Å². The van der Waals surface area contributed by atoms with Gasteiger partial charge in [-0.25, -0.2) is 8.42 Å². The van der Waals surface area contributed by atoms with Crippen LogP contribution in [0.25, 0.3) is 0 Å². The van der Waals surface area contributed by atoms with E-state index in [-0.39, 0.29) is 23.3 Å². The predicted octanol–water partition coefficient (Wildman–Crippen LogP) is 3.19. The molecule has 36 heavy (non-hydrogen) atoms. The van der Waals surface area contributed by atoms with Crippen molar-refractivity contribution in [1.29, 1.82) is 0 Å². The topological polar surface area (TPSA) is 120 Å². The van der Waals surface area contributed by atoms with Crippen molar-refractivity contribution in [1.82, 2.24) is 13.9 Å². The van der Waals surface area contributed by atoms with Gasteiger partial charge in [0.15, 0.2) is 5.60 Å². The van der Waals surface area contributed by atoms with Gasteiger partial charge in [0.1, 0.15) is 18.6 Å². The van der Waals surface area contributed by atoms with Gasteiger partial charge >= 0.3 is 11.8 Å². The fourth-order valence-electron chi connectivity index (χ4n) is 4.31. The Balaban J connectivity index is 1.17. The van der Waals surface area contributed by atoms with Crippen molar-refractivity contribution >= 4 is 33.1 Å². The Morgan fingerprint density at radius 3 is 2.53 bits per heavy atom. The zero-order chi connectivity index (χ0) is 25.5. The highest BCUT2D eigenvalue weighted by Gasteiger charge is 2.41. The van der Waals surface area contributed by atoms with Crippen molar-refractivity contribution in [2.75, 3.05) is 37.7 Å². The van der Waals surface area contributed by atoms with Crippen molar-refractivity contribution in [2.45, 2.75) is 24.0 Å². The molecule has 11 nitrogen and oxygen atoms in total. The van der Waals surface area contributed by atoms with Gasteiger partial charge in [0.25, 0.3) is 0 Å². The first-order valence-corrected chi connectivity index (χ1v) is 13.1. The zero-order valence-electron chi connectivity index (χ0n) is 19.4. The molecule has 2 aliphatic heterocycles. The summed E-state index contributed by atoms with van der Waals surface area (Å²) in [5.74, 6) is 0.218. The highest BCUT2D eigenvalue weighted by atomic mass is 35.5. The molecule has 2 aliphatic rings. The summed E-state index contributed by atoms with van der Waals surface area (Å²) in [5.41, 5.74) is 0.216. The van der Waals surface area contributed by atoms with Gasteiger partial charge in [-0.2, -0.15) is 4.31 Å². The molecule has 0 radical (unpaired) electrons. The van der Waals surface area contributed by atoms with Crippen LogP contribution in [-0.4, -0.2) is 65.6 Å². The molecule has 0 spiro atoms. The number of fused-ring (bicyclic) bond motifs is 1. The summed E-state index contributed by atoms with van der Waals surface area (Å²) in [6.45, 7) is 4.19. The highest BCUT2D eigenvalue weighted by molar-refractivity contribution is 7.89. The smallest absolute Gasteiger partial charge is 0.415 e. The average Bonchev–Trinajstić information content (AvgIpc) is 3.39. The Labute approximate surface area is 213 Å². The number of nitrogens with zero attached hydrogens (tertiary/aromatic N) is 5. The monoisotopic (exact) mass is 533 g/mol. The summed E-state index contributed by atoms with van der Waals surface area (Å²) < 4.78 is 41.0. The summed E-state index contributed by atoms with van der Waals surface area (Å²) >= 11 is 6.08. The molecule has 0 saturated carbocycles. The molecule has 2 aromatic carbocycles. The molecule has 13 heteroatoms. The lowest BCUT2D eigenvalue weighted by atomic mass is 10.1. The van der Waals surface area contributed by atoms with E-state index in [4.69, 9.17) is 21.1 Å². The van der Waals surface area contributed by atoms with Crippen LogP contribution in [0, 0.1) is 10.1 Å². The minimum atomic E-state index is -3.64. The lowest BCUT2D eigenvalue weighted by Crippen LogP contribution is -2.48.